The molecule has 0 unspecified atom stereocenters. The predicted molar refractivity (Wildman–Crippen MR) is 274 cm³/mol. The Morgan fingerprint density at radius 3 is 1.40 bits per heavy atom. The van der Waals surface area contributed by atoms with Crippen LogP contribution in [0, 0.1) is 32.1 Å². The van der Waals surface area contributed by atoms with E-state index in [1.54, 1.807) is 24.8 Å². The van der Waals surface area contributed by atoms with Crippen LogP contribution in [0.2, 0.25) is 0 Å². The number of pyridine rings is 2. The van der Waals surface area contributed by atoms with Gasteiger partial charge in [0.2, 0.25) is 11.8 Å². The van der Waals surface area contributed by atoms with Crippen LogP contribution < -0.4 is 24.6 Å². The molecule has 8 rings (SSSR count). The van der Waals surface area contributed by atoms with E-state index in [0.717, 1.165) is 113 Å². The number of carbonyl (C=O) groups excluding carboxylic acids is 2. The molecule has 1 amide bonds. The largest absolute Gasteiger partial charge is 0.474 e. The van der Waals surface area contributed by atoms with Crippen LogP contribution in [-0.2, 0) is 34.7 Å². The highest BCUT2D eigenvalue weighted by Crippen LogP contribution is 2.40. The lowest BCUT2D eigenvalue weighted by molar-refractivity contribution is -0.388. The number of benzene rings is 2. The smallest absolute Gasteiger partial charge is 0.423 e. The number of piperazine rings is 2. The Morgan fingerprint density at radius 1 is 0.623 bits per heavy atom. The number of nitro groups is 2. The van der Waals surface area contributed by atoms with Gasteiger partial charge in [-0.3, -0.25) is 20.2 Å². The van der Waals surface area contributed by atoms with Gasteiger partial charge in [0.15, 0.2) is 0 Å². The third-order valence-corrected chi connectivity index (χ3v) is 13.7. The second-order valence-electron chi connectivity index (χ2n) is 18.9. The summed E-state index contributed by atoms with van der Waals surface area (Å²) < 4.78 is 101. The van der Waals surface area contributed by atoms with Crippen LogP contribution in [0.4, 0.5) is 58.9 Å². The number of nitrogens with one attached hydrogen (secondary N) is 1. The molecule has 2 aliphatic heterocycles. The van der Waals surface area contributed by atoms with E-state index in [9.17, 15) is 56.2 Å². The van der Waals surface area contributed by atoms with E-state index in [4.69, 9.17) is 25.8 Å². The van der Waals surface area contributed by atoms with Crippen LogP contribution >= 0.6 is 11.6 Å². The minimum absolute atomic E-state index is 0.0228. The van der Waals surface area contributed by atoms with E-state index in [2.05, 4.69) is 29.8 Å². The lowest BCUT2D eigenvalue weighted by Gasteiger charge is -2.35. The van der Waals surface area contributed by atoms with Crippen molar-refractivity contribution >= 4 is 46.1 Å². The van der Waals surface area contributed by atoms with Crippen molar-refractivity contribution in [3.63, 3.8) is 0 Å². The van der Waals surface area contributed by atoms with Crippen molar-refractivity contribution in [2.45, 2.75) is 103 Å². The van der Waals surface area contributed by atoms with Gasteiger partial charge >= 0.3 is 23.9 Å². The number of aromatic nitrogens is 2. The third-order valence-electron chi connectivity index (χ3n) is 13.6. The second kappa shape index (κ2) is 28.1. The molecule has 0 radical (unpaired) electrons. The number of rotatable bonds is 14. The van der Waals surface area contributed by atoms with Crippen LogP contribution in [0.3, 0.4) is 0 Å². The molecule has 77 heavy (non-hydrogen) atoms. The van der Waals surface area contributed by atoms with E-state index in [1.165, 1.54) is 12.1 Å². The van der Waals surface area contributed by atoms with Crippen LogP contribution in [0.1, 0.15) is 87.5 Å². The molecular weight excluding hydrogens is 1050 g/mol. The molecule has 2 saturated carbocycles. The lowest BCUT2D eigenvalue weighted by Crippen LogP contribution is -2.49. The zero-order chi connectivity index (χ0) is 55.7. The van der Waals surface area contributed by atoms with Crippen molar-refractivity contribution in [2.75, 3.05) is 75.4 Å². The number of alkyl halides is 6. The summed E-state index contributed by atoms with van der Waals surface area (Å²) in [5.74, 6) is 3.18. The fourth-order valence-electron chi connectivity index (χ4n) is 9.74. The summed E-state index contributed by atoms with van der Waals surface area (Å²) in [6.45, 7) is 10.2. The number of hydrogen-bond acceptors (Lipinski definition) is 15. The van der Waals surface area contributed by atoms with Crippen LogP contribution in [-0.4, -0.2) is 114 Å². The topological polar surface area (TPSA) is 205 Å². The Balaban J connectivity index is 0.000000227. The average Bonchev–Trinajstić information content (AvgIpc) is 3.40. The molecule has 4 aromatic rings. The van der Waals surface area contributed by atoms with E-state index in [0.29, 0.717) is 75.1 Å². The normalized spacial score (nSPS) is 19.8. The van der Waals surface area contributed by atoms with E-state index >= 15 is 0 Å². The first-order valence-corrected chi connectivity index (χ1v) is 26.0. The summed E-state index contributed by atoms with van der Waals surface area (Å²) >= 11 is 4.72. The van der Waals surface area contributed by atoms with Crippen molar-refractivity contribution in [1.82, 2.24) is 20.2 Å². The van der Waals surface area contributed by atoms with Crippen molar-refractivity contribution in [3.8, 4) is 11.8 Å². The minimum atomic E-state index is -4.78. The number of hydrogen-bond donors (Lipinski definition) is 1. The maximum absolute atomic E-state index is 13.3. The first-order valence-electron chi connectivity index (χ1n) is 25.6. The van der Waals surface area contributed by atoms with Gasteiger partial charge in [-0.2, -0.15) is 36.3 Å². The monoisotopic (exact) mass is 1110 g/mol. The highest BCUT2D eigenvalue weighted by atomic mass is 35.5. The highest BCUT2D eigenvalue weighted by Gasteiger charge is 2.40. The van der Waals surface area contributed by atoms with Gasteiger partial charge in [0.25, 0.3) is 11.4 Å². The van der Waals surface area contributed by atoms with Crippen LogP contribution in [0.5, 0.6) is 11.8 Å². The molecule has 420 valence electrons. The van der Waals surface area contributed by atoms with Gasteiger partial charge in [0, 0.05) is 88.2 Å². The Morgan fingerprint density at radius 2 is 1.04 bits per heavy atom. The van der Waals surface area contributed by atoms with Crippen LogP contribution in [0.25, 0.3) is 0 Å². The number of ether oxygens (including phenoxy) is 4. The summed E-state index contributed by atoms with van der Waals surface area (Å²) in [5.41, 5.74) is -4.03. The molecule has 4 heterocycles. The van der Waals surface area contributed by atoms with Crippen molar-refractivity contribution in [1.29, 1.82) is 0 Å². The fourth-order valence-corrected chi connectivity index (χ4v) is 9.85. The SMILES string of the molecule is CCOC(=O)Cl.CCOC(=O)N1CCN(c2cccc(OC3CCC(Cc4ccc([N+](=O)[O-])c(C(F)(F)F)c4)CC3)n2)CC1.O=[N+]([O-])c1ccc(CC2CCC(Oc3cccc(N4CCNCC4)n3)CC2)cc1C(F)(F)F. The zero-order valence-electron chi connectivity index (χ0n) is 42.7. The van der Waals surface area contributed by atoms with Crippen LogP contribution in [0.15, 0.2) is 72.8 Å². The van der Waals surface area contributed by atoms with Gasteiger partial charge in [-0.05, 0) is 125 Å². The van der Waals surface area contributed by atoms with E-state index in [-0.39, 0.29) is 30.1 Å². The van der Waals surface area contributed by atoms with Crippen molar-refractivity contribution < 1.29 is 64.7 Å². The summed E-state index contributed by atoms with van der Waals surface area (Å²) in [6, 6.07) is 18.0. The van der Waals surface area contributed by atoms with Gasteiger partial charge in [0.05, 0.1) is 23.1 Å². The van der Waals surface area contributed by atoms with Gasteiger partial charge < -0.3 is 39.0 Å². The van der Waals surface area contributed by atoms with Gasteiger partial charge in [-0.25, -0.2) is 9.59 Å². The molecule has 4 fully saturated rings. The van der Waals surface area contributed by atoms with Crippen molar-refractivity contribution in [3.05, 3.63) is 115 Å². The summed E-state index contributed by atoms with van der Waals surface area (Å²) in [5, 5.41) is 25.3. The number of carbonyl (C=O) groups is 2. The molecule has 2 aromatic carbocycles. The molecule has 0 bridgehead atoms. The Hall–Kier alpha value is -6.69. The highest BCUT2D eigenvalue weighted by molar-refractivity contribution is 6.61. The van der Waals surface area contributed by atoms with Gasteiger partial charge in [-0.1, -0.05) is 24.3 Å². The molecule has 1 N–H and O–H groups in total. The van der Waals surface area contributed by atoms with Crippen molar-refractivity contribution in [2.24, 2.45) is 11.8 Å². The molecule has 2 saturated heterocycles. The summed E-state index contributed by atoms with van der Waals surface area (Å²) in [7, 11) is 0. The second-order valence-corrected chi connectivity index (χ2v) is 19.2. The van der Waals surface area contributed by atoms with Gasteiger partial charge in [0.1, 0.15) is 35.0 Å². The molecule has 2 aliphatic carbocycles. The zero-order valence-corrected chi connectivity index (χ0v) is 43.5. The third kappa shape index (κ3) is 18.2. The molecule has 2 aromatic heterocycles. The number of amides is 1. The molecule has 0 atom stereocenters. The van der Waals surface area contributed by atoms with Gasteiger partial charge in [-0.15, -0.1) is 0 Å². The number of halogens is 7. The summed E-state index contributed by atoms with van der Waals surface area (Å²) in [6.07, 6.45) is -2.69. The first-order chi connectivity index (χ1) is 36.7. The Bertz CT molecular complexity index is 2590. The Labute approximate surface area is 446 Å². The molecule has 4 aliphatic rings. The molecule has 25 heteroatoms. The summed E-state index contributed by atoms with van der Waals surface area (Å²) in [4.78, 5) is 56.7. The van der Waals surface area contributed by atoms with E-state index < -0.39 is 50.1 Å². The standard InChI is InChI=1S/C26H31F3N4O5.C23H27F3N4O3.C3H5ClO2/c1-2-37-25(34)32-14-12-31(13-15-32)23-4-3-5-24(30-23)38-20-9-6-18(7-10-20)16-19-8-11-22(33(35)36)21(17-19)26(27,28)29;24-23(25,26)19-15-17(6-9-20(19)30(31)32)14-16-4-7-18(8-5-16)33-22-3-1-2-21(28-22)29-12-10-27-11-13-29;1-2-6-3(4)5/h3-5,8,11,17-18,20H,2,6-7,9-10,12-16H2,1H3;1-3,6,9,15-16,18,27H,4-5,7-8,10-14H2;2H2,1H3. The Kier molecular flexibility index (Phi) is 21.7. The average molecular weight is 1110 g/mol. The maximum Gasteiger partial charge on any atom is 0.423 e. The lowest BCUT2D eigenvalue weighted by atomic mass is 9.83. The number of nitrogens with zero attached hydrogens (tertiary/aromatic N) is 7. The number of nitro benzene ring substituents is 2. The molecular formula is C52H63ClF6N8O10. The maximum atomic E-state index is 13.3. The van der Waals surface area contributed by atoms with E-state index in [1.807, 2.05) is 30.3 Å². The number of anilines is 2. The predicted octanol–water partition coefficient (Wildman–Crippen LogP) is 11.4. The minimum Gasteiger partial charge on any atom is -0.474 e. The quantitative estimate of drug-likeness (QED) is 0.0540. The molecule has 18 nitrogen and oxygen atoms in total. The fraction of sp³-hybridized carbons (Fsp3) is 0.538. The first kappa shape index (κ1) is 59.6. The molecule has 0 spiro atoms.